The molecule has 1 N–H and O–H groups in total. The topological polar surface area (TPSA) is 65.9 Å². The molecule has 1 aliphatic rings. The molecule has 6 heteroatoms. The van der Waals surface area contributed by atoms with Crippen molar-refractivity contribution in [1.82, 2.24) is 14.8 Å². The Morgan fingerprint density at radius 1 is 1.19 bits per heavy atom. The van der Waals surface area contributed by atoms with Crippen molar-refractivity contribution in [2.75, 3.05) is 32.8 Å². The normalized spacial score (nSPS) is 17.2. The summed E-state index contributed by atoms with van der Waals surface area (Å²) in [4.78, 5) is 20.6. The predicted octanol–water partition coefficient (Wildman–Crippen LogP) is 2.81. The molecule has 0 radical (unpaired) electrons. The molecule has 6 nitrogen and oxygen atoms in total. The standard InChI is InChI=1S/C21H27N3O3/c1-2-27-19-6-3-5-18(15-19)20(21(25)26)24-12-4-11-23(13-14-24)16-17-7-9-22-10-8-17/h3,5-10,15,20H,2,4,11-14,16H2,1H3,(H,25,26). The number of pyridine rings is 1. The minimum Gasteiger partial charge on any atom is -0.494 e. The van der Waals surface area contributed by atoms with Crippen molar-refractivity contribution in [3.63, 3.8) is 0 Å². The van der Waals surface area contributed by atoms with Gasteiger partial charge >= 0.3 is 5.97 Å². The van der Waals surface area contributed by atoms with Gasteiger partial charge in [0, 0.05) is 38.6 Å². The first-order valence-electron chi connectivity index (χ1n) is 9.48. The molecule has 1 aromatic carbocycles. The molecule has 2 aromatic rings. The summed E-state index contributed by atoms with van der Waals surface area (Å²) in [5.41, 5.74) is 2.01. The van der Waals surface area contributed by atoms with Crippen molar-refractivity contribution in [3.8, 4) is 5.75 Å². The van der Waals surface area contributed by atoms with E-state index in [1.165, 1.54) is 5.56 Å². The van der Waals surface area contributed by atoms with Crippen LogP contribution in [0.2, 0.25) is 0 Å². The SMILES string of the molecule is CCOc1cccc(C(C(=O)O)N2CCCN(Cc3ccncc3)CC2)c1. The maximum Gasteiger partial charge on any atom is 0.325 e. The van der Waals surface area contributed by atoms with E-state index in [-0.39, 0.29) is 0 Å². The average molecular weight is 369 g/mol. The van der Waals surface area contributed by atoms with E-state index in [4.69, 9.17) is 4.74 Å². The van der Waals surface area contributed by atoms with Gasteiger partial charge < -0.3 is 9.84 Å². The molecular weight excluding hydrogens is 342 g/mol. The Labute approximate surface area is 160 Å². The zero-order chi connectivity index (χ0) is 19.1. The van der Waals surface area contributed by atoms with Crippen LogP contribution in [0.5, 0.6) is 5.75 Å². The largest absolute Gasteiger partial charge is 0.494 e. The van der Waals surface area contributed by atoms with Crippen molar-refractivity contribution in [1.29, 1.82) is 0 Å². The lowest BCUT2D eigenvalue weighted by molar-refractivity contribution is -0.143. The second kappa shape index (κ2) is 9.48. The molecule has 2 heterocycles. The number of aliphatic carboxylic acids is 1. The van der Waals surface area contributed by atoms with Crippen LogP contribution < -0.4 is 4.74 Å². The van der Waals surface area contributed by atoms with Crippen LogP contribution in [0.1, 0.15) is 30.5 Å². The Balaban J connectivity index is 1.69. The van der Waals surface area contributed by atoms with Crippen LogP contribution in [-0.4, -0.2) is 58.6 Å². The number of carbonyl (C=O) groups is 1. The Morgan fingerprint density at radius 2 is 2.00 bits per heavy atom. The quantitative estimate of drug-likeness (QED) is 0.810. The molecule has 1 unspecified atom stereocenters. The third kappa shape index (κ3) is 5.28. The van der Waals surface area contributed by atoms with Gasteiger partial charge in [0.15, 0.2) is 0 Å². The van der Waals surface area contributed by atoms with E-state index in [1.807, 2.05) is 55.7 Å². The maximum absolute atomic E-state index is 12.1. The molecule has 1 fully saturated rings. The van der Waals surface area contributed by atoms with Crippen LogP contribution in [0.25, 0.3) is 0 Å². The van der Waals surface area contributed by atoms with Crippen molar-refractivity contribution >= 4 is 5.97 Å². The van der Waals surface area contributed by atoms with E-state index in [9.17, 15) is 9.90 Å². The second-order valence-electron chi connectivity index (χ2n) is 6.77. The second-order valence-corrected chi connectivity index (χ2v) is 6.77. The van der Waals surface area contributed by atoms with Gasteiger partial charge in [-0.1, -0.05) is 12.1 Å². The van der Waals surface area contributed by atoms with E-state index in [2.05, 4.69) is 14.8 Å². The van der Waals surface area contributed by atoms with Gasteiger partial charge in [0.2, 0.25) is 0 Å². The maximum atomic E-state index is 12.1. The van der Waals surface area contributed by atoms with Crippen molar-refractivity contribution in [3.05, 3.63) is 59.9 Å². The lowest BCUT2D eigenvalue weighted by Gasteiger charge is -2.28. The van der Waals surface area contributed by atoms with Crippen LogP contribution >= 0.6 is 0 Å². The van der Waals surface area contributed by atoms with Crippen molar-refractivity contribution in [2.24, 2.45) is 0 Å². The smallest absolute Gasteiger partial charge is 0.325 e. The van der Waals surface area contributed by atoms with Crippen LogP contribution in [0.3, 0.4) is 0 Å². The molecular formula is C21H27N3O3. The van der Waals surface area contributed by atoms with Crippen LogP contribution in [0.15, 0.2) is 48.8 Å². The van der Waals surface area contributed by atoms with Crippen LogP contribution in [0, 0.1) is 0 Å². The number of aromatic nitrogens is 1. The van der Waals surface area contributed by atoms with E-state index in [1.54, 1.807) is 0 Å². The van der Waals surface area contributed by atoms with Gasteiger partial charge in [-0.2, -0.15) is 0 Å². The highest BCUT2D eigenvalue weighted by molar-refractivity contribution is 5.75. The summed E-state index contributed by atoms with van der Waals surface area (Å²) in [6.07, 6.45) is 4.57. The molecule has 3 rings (SSSR count). The number of rotatable bonds is 7. The van der Waals surface area contributed by atoms with Gasteiger partial charge in [0.1, 0.15) is 11.8 Å². The molecule has 0 aliphatic carbocycles. The van der Waals surface area contributed by atoms with Crippen molar-refractivity contribution in [2.45, 2.75) is 25.9 Å². The summed E-state index contributed by atoms with van der Waals surface area (Å²) in [5.74, 6) is -0.0957. The monoisotopic (exact) mass is 369 g/mol. The van der Waals surface area contributed by atoms with Gasteiger partial charge in [0.25, 0.3) is 0 Å². The van der Waals surface area contributed by atoms with E-state index < -0.39 is 12.0 Å². The minimum atomic E-state index is -0.814. The molecule has 27 heavy (non-hydrogen) atoms. The summed E-state index contributed by atoms with van der Waals surface area (Å²) in [6.45, 7) is 6.65. The Bertz CT molecular complexity index is 738. The molecule has 0 amide bonds. The summed E-state index contributed by atoms with van der Waals surface area (Å²) >= 11 is 0. The molecule has 1 saturated heterocycles. The highest BCUT2D eigenvalue weighted by Gasteiger charge is 2.29. The zero-order valence-corrected chi connectivity index (χ0v) is 15.8. The van der Waals surface area contributed by atoms with E-state index in [0.717, 1.165) is 50.5 Å². The lowest BCUT2D eigenvalue weighted by Crippen LogP contribution is -2.37. The van der Waals surface area contributed by atoms with Crippen LogP contribution in [0.4, 0.5) is 0 Å². The summed E-state index contributed by atoms with van der Waals surface area (Å²) < 4.78 is 5.55. The molecule has 1 aromatic heterocycles. The number of hydrogen-bond acceptors (Lipinski definition) is 5. The first-order chi connectivity index (χ1) is 13.2. The molecule has 0 saturated carbocycles. The molecule has 0 bridgehead atoms. The Morgan fingerprint density at radius 3 is 2.74 bits per heavy atom. The molecule has 0 spiro atoms. The minimum absolute atomic E-state index is 0.564. The average Bonchev–Trinajstić information content (AvgIpc) is 2.89. The van der Waals surface area contributed by atoms with E-state index in [0.29, 0.717) is 6.61 Å². The number of carboxylic acid groups (broad SMARTS) is 1. The summed E-state index contributed by atoms with van der Waals surface area (Å²) in [6, 6.07) is 10.9. The number of carboxylic acids is 1. The van der Waals surface area contributed by atoms with Gasteiger partial charge in [-0.15, -0.1) is 0 Å². The van der Waals surface area contributed by atoms with Gasteiger partial charge in [0.05, 0.1) is 6.61 Å². The first-order valence-corrected chi connectivity index (χ1v) is 9.48. The Kier molecular flexibility index (Phi) is 6.79. The predicted molar refractivity (Wildman–Crippen MR) is 104 cm³/mol. The molecule has 1 aliphatic heterocycles. The van der Waals surface area contributed by atoms with Gasteiger partial charge in [-0.3, -0.25) is 19.6 Å². The molecule has 1 atom stereocenters. The number of benzene rings is 1. The third-order valence-electron chi connectivity index (χ3n) is 4.86. The number of nitrogens with zero attached hydrogens (tertiary/aromatic N) is 3. The molecule has 144 valence electrons. The summed E-state index contributed by atoms with van der Waals surface area (Å²) in [7, 11) is 0. The Hall–Kier alpha value is -2.44. The van der Waals surface area contributed by atoms with E-state index >= 15 is 0 Å². The fraction of sp³-hybridized carbons (Fsp3) is 0.429. The highest BCUT2D eigenvalue weighted by Crippen LogP contribution is 2.26. The highest BCUT2D eigenvalue weighted by atomic mass is 16.5. The van der Waals surface area contributed by atoms with Gasteiger partial charge in [-0.25, -0.2) is 0 Å². The number of ether oxygens (including phenoxy) is 1. The summed E-state index contributed by atoms with van der Waals surface area (Å²) in [5, 5.41) is 9.89. The fourth-order valence-corrected chi connectivity index (χ4v) is 3.60. The van der Waals surface area contributed by atoms with Gasteiger partial charge in [-0.05, 0) is 55.3 Å². The fourth-order valence-electron chi connectivity index (χ4n) is 3.60. The zero-order valence-electron chi connectivity index (χ0n) is 15.8. The van der Waals surface area contributed by atoms with Crippen molar-refractivity contribution < 1.29 is 14.6 Å². The lowest BCUT2D eigenvalue weighted by atomic mass is 10.0. The third-order valence-corrected chi connectivity index (χ3v) is 4.86. The van der Waals surface area contributed by atoms with Crippen LogP contribution in [-0.2, 0) is 11.3 Å². The number of hydrogen-bond donors (Lipinski definition) is 1. The first kappa shape index (κ1) is 19.3.